The number of hydrazone groups is 1. The van der Waals surface area contributed by atoms with Gasteiger partial charge in [0, 0.05) is 22.0 Å². The maximum absolute atomic E-state index is 14.3. The number of amidine groups is 1. The standard InChI is InChI=1S/C43H43Cl8N7O5/c1-8-27(63-28-15-14-20(42(4,5)9-2)16-24(28)43(6,7)10-3)38(59)53-22-12-11-13-23(19-22)54-41(62)55-37-36(39(60)58(56-37)34-25(45)17-21(44)18-26(34)46)57(40(52)61)35-32(50)30(48)29(47)31(49)33(35)51/h11-19,27,36H,8-10H2,1-7H3,(H2,52,61)(H,53,59)(H2,54,55,56,62). The van der Waals surface area contributed by atoms with E-state index in [4.69, 9.17) is 103 Å². The predicted octanol–water partition coefficient (Wildman–Crippen LogP) is 13.5. The molecule has 1 aliphatic rings. The molecule has 336 valence electrons. The molecule has 0 saturated carbocycles. The van der Waals surface area contributed by atoms with E-state index in [2.05, 4.69) is 68.7 Å². The number of nitrogens with two attached hydrogens (primary N) is 1. The van der Waals surface area contributed by atoms with Crippen LogP contribution in [-0.4, -0.2) is 41.9 Å². The van der Waals surface area contributed by atoms with E-state index in [9.17, 15) is 19.2 Å². The average Bonchev–Trinajstić information content (AvgIpc) is 3.52. The minimum atomic E-state index is -1.88. The molecule has 0 spiro atoms. The van der Waals surface area contributed by atoms with Crippen molar-refractivity contribution in [3.05, 3.63) is 106 Å². The minimum Gasteiger partial charge on any atom is -0.480 e. The number of amides is 6. The molecule has 4 aromatic carbocycles. The van der Waals surface area contributed by atoms with Gasteiger partial charge >= 0.3 is 12.1 Å². The van der Waals surface area contributed by atoms with E-state index < -0.39 is 57.6 Å². The van der Waals surface area contributed by atoms with Gasteiger partial charge in [0.2, 0.25) is 0 Å². The van der Waals surface area contributed by atoms with Crippen LogP contribution < -0.4 is 36.3 Å². The smallest absolute Gasteiger partial charge is 0.324 e. The number of benzene rings is 4. The van der Waals surface area contributed by atoms with E-state index in [1.165, 1.54) is 23.8 Å². The number of ether oxygens (including phenoxy) is 1. The van der Waals surface area contributed by atoms with Crippen LogP contribution in [0.5, 0.6) is 5.75 Å². The molecule has 1 aliphatic heterocycles. The van der Waals surface area contributed by atoms with E-state index in [1.807, 2.05) is 19.1 Å². The second kappa shape index (κ2) is 20.1. The van der Waals surface area contributed by atoms with Crippen molar-refractivity contribution in [3.8, 4) is 5.75 Å². The lowest BCUT2D eigenvalue weighted by Gasteiger charge is -2.31. The van der Waals surface area contributed by atoms with Gasteiger partial charge in [-0.05, 0) is 72.1 Å². The first-order chi connectivity index (χ1) is 29.5. The zero-order valence-corrected chi connectivity index (χ0v) is 41.0. The number of anilines is 4. The zero-order chi connectivity index (χ0) is 46.9. The number of rotatable bonds is 13. The fraction of sp³-hybridized carbons (Fsp3) is 0.326. The summed E-state index contributed by atoms with van der Waals surface area (Å²) in [5.74, 6) is -1.27. The van der Waals surface area contributed by atoms with E-state index in [0.717, 1.165) is 23.4 Å². The van der Waals surface area contributed by atoms with Crippen molar-refractivity contribution in [2.24, 2.45) is 10.8 Å². The first kappa shape index (κ1) is 50.2. The third-order valence-electron chi connectivity index (χ3n) is 10.8. The van der Waals surface area contributed by atoms with Crippen LogP contribution in [0.4, 0.5) is 32.3 Å². The maximum Gasteiger partial charge on any atom is 0.324 e. The molecule has 5 rings (SSSR count). The van der Waals surface area contributed by atoms with Gasteiger partial charge in [-0.15, -0.1) is 5.10 Å². The molecule has 1 heterocycles. The second-order valence-corrected chi connectivity index (χ2v) is 18.9. The van der Waals surface area contributed by atoms with Crippen molar-refractivity contribution >= 4 is 145 Å². The predicted molar refractivity (Wildman–Crippen MR) is 259 cm³/mol. The molecule has 63 heavy (non-hydrogen) atoms. The van der Waals surface area contributed by atoms with Crippen LogP contribution in [-0.2, 0) is 20.4 Å². The van der Waals surface area contributed by atoms with Crippen LogP contribution >= 0.6 is 92.8 Å². The summed E-state index contributed by atoms with van der Waals surface area (Å²) in [5.41, 5.74) is 7.72. The summed E-state index contributed by atoms with van der Waals surface area (Å²) < 4.78 is 6.43. The molecule has 0 saturated heterocycles. The molecule has 20 heteroatoms. The van der Waals surface area contributed by atoms with Crippen LogP contribution in [0, 0.1) is 0 Å². The van der Waals surface area contributed by atoms with Crippen molar-refractivity contribution in [2.45, 2.75) is 90.7 Å². The number of urea groups is 2. The zero-order valence-electron chi connectivity index (χ0n) is 35.0. The third-order valence-corrected chi connectivity index (χ3v) is 13.9. The van der Waals surface area contributed by atoms with Crippen LogP contribution in [0.1, 0.15) is 78.9 Å². The average molecular weight is 1020 g/mol. The molecule has 0 fully saturated rings. The molecule has 0 aromatic heterocycles. The summed E-state index contributed by atoms with van der Waals surface area (Å²) in [4.78, 5) is 55.7. The summed E-state index contributed by atoms with van der Waals surface area (Å²) in [5, 5.41) is 11.3. The number of halogens is 8. The first-order valence-electron chi connectivity index (χ1n) is 19.4. The monoisotopic (exact) mass is 1020 g/mol. The lowest BCUT2D eigenvalue weighted by Crippen LogP contribution is -2.56. The highest BCUT2D eigenvalue weighted by molar-refractivity contribution is 6.57. The number of hydrogen-bond donors (Lipinski definition) is 4. The molecule has 0 radical (unpaired) electrons. The topological polar surface area (TPSA) is 158 Å². The van der Waals surface area contributed by atoms with Gasteiger partial charge < -0.3 is 21.1 Å². The van der Waals surface area contributed by atoms with Crippen LogP contribution in [0.2, 0.25) is 40.2 Å². The highest BCUT2D eigenvalue weighted by Crippen LogP contribution is 2.50. The number of hydrogen-bond acceptors (Lipinski definition) is 6. The molecule has 2 atom stereocenters. The molecular formula is C43H43Cl8N7O5. The van der Waals surface area contributed by atoms with E-state index in [1.54, 1.807) is 18.2 Å². The summed E-state index contributed by atoms with van der Waals surface area (Å²) >= 11 is 51.0. The number of nitrogens with zero attached hydrogens (tertiary/aromatic N) is 3. The molecule has 12 nitrogen and oxygen atoms in total. The molecule has 4 aromatic rings. The fourth-order valence-electron chi connectivity index (χ4n) is 6.47. The molecule has 0 bridgehead atoms. The van der Waals surface area contributed by atoms with Crippen molar-refractivity contribution in [1.82, 2.24) is 5.32 Å². The van der Waals surface area contributed by atoms with Gasteiger partial charge in [0.05, 0.1) is 40.8 Å². The Bertz CT molecular complexity index is 2470. The lowest BCUT2D eigenvalue weighted by atomic mass is 9.76. The Labute approximate surface area is 405 Å². The summed E-state index contributed by atoms with van der Waals surface area (Å²) in [7, 11) is 0. The third kappa shape index (κ3) is 10.7. The van der Waals surface area contributed by atoms with E-state index >= 15 is 0 Å². The van der Waals surface area contributed by atoms with Gasteiger partial charge in [-0.1, -0.05) is 159 Å². The Hall–Kier alpha value is -3.85. The van der Waals surface area contributed by atoms with Crippen molar-refractivity contribution in [2.75, 3.05) is 20.5 Å². The second-order valence-electron chi connectivity index (χ2n) is 15.7. The fourth-order valence-corrected chi connectivity index (χ4v) is 8.76. The summed E-state index contributed by atoms with van der Waals surface area (Å²) in [6, 6.07) is 10.9. The Balaban J connectivity index is 1.43. The maximum atomic E-state index is 14.3. The number of carbonyl (C=O) groups is 4. The molecule has 2 unspecified atom stereocenters. The summed E-state index contributed by atoms with van der Waals surface area (Å²) in [6.45, 7) is 14.8. The molecular weight excluding hydrogens is 978 g/mol. The first-order valence-corrected chi connectivity index (χ1v) is 22.5. The number of carbonyl (C=O) groups excluding carboxylic acids is 4. The van der Waals surface area contributed by atoms with Crippen molar-refractivity contribution in [3.63, 3.8) is 0 Å². The molecule has 0 aliphatic carbocycles. The summed E-state index contributed by atoms with van der Waals surface area (Å²) in [6.07, 6.45) is 1.30. The van der Waals surface area contributed by atoms with Gasteiger partial charge in [0.15, 0.2) is 18.0 Å². The van der Waals surface area contributed by atoms with Gasteiger partial charge in [0.25, 0.3) is 11.8 Å². The molecule has 5 N–H and O–H groups in total. The Kier molecular flexibility index (Phi) is 16.0. The van der Waals surface area contributed by atoms with Gasteiger partial charge in [0.1, 0.15) is 11.4 Å². The van der Waals surface area contributed by atoms with Crippen LogP contribution in [0.25, 0.3) is 0 Å². The quantitative estimate of drug-likeness (QED) is 0.0774. The van der Waals surface area contributed by atoms with Crippen molar-refractivity contribution < 1.29 is 23.9 Å². The highest BCUT2D eigenvalue weighted by Gasteiger charge is 2.47. The Morgan fingerprint density at radius 3 is 1.87 bits per heavy atom. The largest absolute Gasteiger partial charge is 0.480 e. The van der Waals surface area contributed by atoms with E-state index in [-0.39, 0.29) is 52.3 Å². The normalized spacial score (nSPS) is 14.6. The number of nitrogens with one attached hydrogen (secondary N) is 3. The minimum absolute atomic E-state index is 0.0495. The SMILES string of the molecule is CCC(Oc1ccc(C(C)(C)CC)cc1C(C)(C)CC)C(=O)Nc1cccc(NC(=O)NC2=NN(c3c(Cl)cc(Cl)cc3Cl)C(=O)C2N(C(N)=O)c2c(Cl)c(Cl)c(Cl)c(Cl)c2Cl)c1. The highest BCUT2D eigenvalue weighted by atomic mass is 35.5. The number of primary amides is 1. The van der Waals surface area contributed by atoms with Crippen LogP contribution in [0.3, 0.4) is 0 Å². The molecule has 6 amide bonds. The van der Waals surface area contributed by atoms with E-state index in [0.29, 0.717) is 22.8 Å². The lowest BCUT2D eigenvalue weighted by molar-refractivity contribution is -0.123. The Morgan fingerprint density at radius 1 is 0.778 bits per heavy atom. The Morgan fingerprint density at radius 2 is 1.33 bits per heavy atom. The van der Waals surface area contributed by atoms with Gasteiger partial charge in [-0.3, -0.25) is 19.8 Å². The van der Waals surface area contributed by atoms with Crippen LogP contribution in [0.15, 0.2) is 59.7 Å². The van der Waals surface area contributed by atoms with Gasteiger partial charge in [-0.25, -0.2) is 9.59 Å². The van der Waals surface area contributed by atoms with Crippen molar-refractivity contribution in [1.29, 1.82) is 0 Å². The van der Waals surface area contributed by atoms with Gasteiger partial charge in [-0.2, -0.15) is 5.01 Å².